The van der Waals surface area contributed by atoms with Gasteiger partial charge in [0, 0.05) is 20.7 Å². The van der Waals surface area contributed by atoms with Crippen LogP contribution in [0.25, 0.3) is 0 Å². The van der Waals surface area contributed by atoms with Crippen LogP contribution in [-0.2, 0) is 0 Å². The maximum Gasteiger partial charge on any atom is 0.460 e. The molecule has 0 bridgehead atoms. The van der Waals surface area contributed by atoms with Crippen molar-refractivity contribution in [3.63, 3.8) is 0 Å². The first-order valence-corrected chi connectivity index (χ1v) is 19.2. The van der Waals surface area contributed by atoms with Gasteiger partial charge < -0.3 is 0 Å². The minimum absolute atomic E-state index is 0.327. The van der Waals surface area contributed by atoms with Gasteiger partial charge in [-0.2, -0.15) is 184 Å². The Balaban J connectivity index is 6.45. The number of rotatable bonds is 25. The molecule has 0 aliphatic carbocycles. The Hall–Kier alpha value is -1.48. The quantitative estimate of drug-likeness (QED) is 0.0370. The van der Waals surface area contributed by atoms with Gasteiger partial charge >= 0.3 is 119 Å². The van der Waals surface area contributed by atoms with Crippen molar-refractivity contribution in [1.82, 2.24) is 0 Å². The van der Waals surface area contributed by atoms with Crippen molar-refractivity contribution in [3.05, 3.63) is 0 Å². The molecule has 44 heteroatoms. The second kappa shape index (κ2) is 19.2. The van der Waals surface area contributed by atoms with E-state index in [9.17, 15) is 184 Å². The van der Waals surface area contributed by atoms with Gasteiger partial charge in [0.1, 0.15) is 0 Å². The average Bonchev–Trinajstić information content (AvgIpc) is 3.13. The van der Waals surface area contributed by atoms with Crippen LogP contribution in [0.5, 0.6) is 0 Å². The molecule has 0 aromatic carbocycles. The van der Waals surface area contributed by atoms with Crippen LogP contribution in [0.2, 0.25) is 0 Å². The summed E-state index contributed by atoms with van der Waals surface area (Å²) in [6.07, 6.45) is -28.4. The molecule has 0 nitrogen and oxygen atoms in total. The molecule has 0 aliphatic rings. The van der Waals surface area contributed by atoms with Crippen LogP contribution >= 0.6 is 45.2 Å². The molecule has 0 saturated heterocycles. The van der Waals surface area contributed by atoms with Gasteiger partial charge in [-0.1, -0.05) is 58.0 Å². The van der Waals surface area contributed by atoms with E-state index in [1.807, 2.05) is 0 Å². The van der Waals surface area contributed by atoms with Gasteiger partial charge in [0.25, 0.3) is 0 Å². The zero-order valence-corrected chi connectivity index (χ0v) is 36.3. The average molecular weight is 1400 g/mol. The van der Waals surface area contributed by atoms with Crippen LogP contribution in [0, 0.1) is 0 Å². The molecule has 0 spiro atoms. The second-order valence-electron chi connectivity index (χ2n) is 14.5. The van der Waals surface area contributed by atoms with E-state index in [2.05, 4.69) is 0 Å². The number of alkyl halides is 44. The Morgan fingerprint density at radius 2 is 0.319 bits per heavy atom. The third-order valence-electron chi connectivity index (χ3n) is 9.39. The van der Waals surface area contributed by atoms with Crippen LogP contribution in [0.3, 0.4) is 0 Å². The Bertz CT molecular complexity index is 1720. The molecule has 0 aromatic rings. The second-order valence-corrected chi connectivity index (χ2v) is 18.0. The van der Waals surface area contributed by atoms with Crippen molar-refractivity contribution in [2.24, 2.45) is 0 Å². The lowest BCUT2D eigenvalue weighted by Gasteiger charge is -2.44. The highest BCUT2D eigenvalue weighted by Crippen LogP contribution is 2.69. The smallest absolute Gasteiger partial charge is 0.200 e. The molecule has 72 heavy (non-hydrogen) atoms. The van der Waals surface area contributed by atoms with Crippen LogP contribution in [0.4, 0.5) is 184 Å². The summed E-state index contributed by atoms with van der Waals surface area (Å²) in [5.74, 6) is -160. The molecule has 0 aliphatic heterocycles. The maximum atomic E-state index is 14.3. The lowest BCUT2D eigenvalue weighted by Crippen LogP contribution is -2.76. The standard InChI is InChI=1S/C28H14F42I2/c29-9(30,11(33,34)13(37,38)15(41,42)17(45,46)19(49,50)21(53,54)23(57,58)25(61,62)27(65,66)67)5-7(71)3-1-2-4-8(72)6-10(31,32)12(35,36)14(39,40)16(43,44)18(47,48)20(51,52)22(55,56)24(59,60)26(63,64)28(68,69)70/h7-8H,1-6H2. The molecule has 0 aromatic heterocycles. The fraction of sp³-hybridized carbons (Fsp3) is 1.00. The molecule has 0 heterocycles. The highest BCUT2D eigenvalue weighted by molar-refractivity contribution is 14.1. The zero-order chi connectivity index (χ0) is 59.4. The highest BCUT2D eigenvalue weighted by atomic mass is 127. The number of halogens is 44. The van der Waals surface area contributed by atoms with Crippen molar-refractivity contribution in [1.29, 1.82) is 0 Å². The lowest BCUT2D eigenvalue weighted by atomic mass is 9.85. The number of unbranched alkanes of at least 4 members (excludes halogenated alkanes) is 1. The predicted octanol–water partition coefficient (Wildman–Crippen LogP) is 17.5. The van der Waals surface area contributed by atoms with Crippen molar-refractivity contribution in [3.8, 4) is 0 Å². The van der Waals surface area contributed by atoms with Gasteiger partial charge in [-0.15, -0.1) is 0 Å². The fourth-order valence-electron chi connectivity index (χ4n) is 4.93. The molecule has 434 valence electrons. The molecule has 0 amide bonds. The minimum atomic E-state index is -9.49. The highest BCUT2D eigenvalue weighted by Gasteiger charge is 3.00. The van der Waals surface area contributed by atoms with E-state index in [-0.39, 0.29) is 0 Å². The molecule has 0 fully saturated rings. The zero-order valence-electron chi connectivity index (χ0n) is 32.0. The first-order chi connectivity index (χ1) is 30.5. The molecule has 0 N–H and O–H groups in total. The number of hydrogen-bond donors (Lipinski definition) is 0. The van der Waals surface area contributed by atoms with Crippen molar-refractivity contribution in [2.45, 2.75) is 165 Å². The van der Waals surface area contributed by atoms with Gasteiger partial charge in [0.05, 0.1) is 0 Å². The number of hydrogen-bond acceptors (Lipinski definition) is 0. The Labute approximate surface area is 394 Å². The van der Waals surface area contributed by atoms with E-state index in [1.165, 1.54) is 0 Å². The monoisotopic (exact) mass is 1400 g/mol. The summed E-state index contributed by atoms with van der Waals surface area (Å²) in [7, 11) is 0. The Morgan fingerprint density at radius 3 is 0.458 bits per heavy atom. The Morgan fingerprint density at radius 1 is 0.194 bits per heavy atom. The largest absolute Gasteiger partial charge is 0.460 e. The maximum absolute atomic E-state index is 14.3. The van der Waals surface area contributed by atoms with Gasteiger partial charge in [-0.3, -0.25) is 0 Å². The van der Waals surface area contributed by atoms with Crippen molar-refractivity contribution in [2.75, 3.05) is 0 Å². The van der Waals surface area contributed by atoms with Crippen LogP contribution in [0.15, 0.2) is 0 Å². The Kier molecular flexibility index (Phi) is 18.8. The third kappa shape index (κ3) is 9.91. The van der Waals surface area contributed by atoms with Crippen LogP contribution in [0.1, 0.15) is 38.5 Å². The molecule has 0 saturated carbocycles. The van der Waals surface area contributed by atoms with E-state index in [4.69, 9.17) is 0 Å². The summed E-state index contributed by atoms with van der Waals surface area (Å²) in [4.78, 5) is 0. The summed E-state index contributed by atoms with van der Waals surface area (Å²) in [5.41, 5.74) is 0. The van der Waals surface area contributed by atoms with Crippen molar-refractivity contribution >= 4 is 45.2 Å². The molecular weight excluding hydrogens is 1390 g/mol. The molecular formula is C28H14F42I2. The topological polar surface area (TPSA) is 0 Å². The van der Waals surface area contributed by atoms with E-state index in [0.29, 0.717) is 45.2 Å². The summed E-state index contributed by atoms with van der Waals surface area (Å²) in [5, 5.41) is 0. The van der Waals surface area contributed by atoms with Gasteiger partial charge in [-0.05, 0) is 12.8 Å². The molecule has 2 unspecified atom stereocenters. The minimum Gasteiger partial charge on any atom is -0.200 e. The first kappa shape index (κ1) is 70.5. The fourth-order valence-corrected chi connectivity index (χ4v) is 6.92. The first-order valence-electron chi connectivity index (χ1n) is 16.7. The van der Waals surface area contributed by atoms with E-state index in [0.717, 1.165) is 0 Å². The van der Waals surface area contributed by atoms with Gasteiger partial charge in [0.2, 0.25) is 0 Å². The lowest BCUT2D eigenvalue weighted by molar-refractivity contribution is -0.474. The molecule has 0 radical (unpaired) electrons. The normalized spacial score (nSPS) is 17.7. The van der Waals surface area contributed by atoms with Gasteiger partial charge in [-0.25, -0.2) is 0 Å². The van der Waals surface area contributed by atoms with Crippen LogP contribution in [-0.4, -0.2) is 127 Å². The van der Waals surface area contributed by atoms with Crippen LogP contribution < -0.4 is 0 Å². The van der Waals surface area contributed by atoms with E-state index in [1.54, 1.807) is 0 Å². The van der Waals surface area contributed by atoms with E-state index >= 15 is 0 Å². The molecule has 0 rings (SSSR count). The molecule has 2 atom stereocenters. The summed E-state index contributed by atoms with van der Waals surface area (Å²) >= 11 is 0.653. The summed E-state index contributed by atoms with van der Waals surface area (Å²) in [6.45, 7) is 0. The summed E-state index contributed by atoms with van der Waals surface area (Å²) in [6, 6.07) is 0. The predicted molar refractivity (Wildman–Crippen MR) is 164 cm³/mol. The van der Waals surface area contributed by atoms with Crippen molar-refractivity contribution < 1.29 is 184 Å². The van der Waals surface area contributed by atoms with Gasteiger partial charge in [0.15, 0.2) is 0 Å². The van der Waals surface area contributed by atoms with E-state index < -0.39 is 165 Å². The summed E-state index contributed by atoms with van der Waals surface area (Å²) < 4.78 is 565. The third-order valence-corrected chi connectivity index (χ3v) is 11.5. The SMILES string of the molecule is FC(F)(F)C(F)(F)C(F)(F)C(F)(F)C(F)(F)C(F)(F)C(F)(F)C(F)(F)C(F)(F)C(F)(F)CC(I)CCCCC(I)CC(F)(F)C(F)(F)C(F)(F)C(F)(F)C(F)(F)C(F)(F)C(F)(F)C(F)(F)C(F)(F)C(F)(F)F.